The van der Waals surface area contributed by atoms with Gasteiger partial charge >= 0.3 is 0 Å². The highest BCUT2D eigenvalue weighted by atomic mass is 16.3. The van der Waals surface area contributed by atoms with Gasteiger partial charge in [-0.05, 0) is 119 Å². The second-order valence-electron chi connectivity index (χ2n) is 16.7. The maximum atomic E-state index is 6.80. The number of nitrogens with zero attached hydrogens (tertiary/aromatic N) is 1. The quantitative estimate of drug-likeness (QED) is 0.156. The molecular weight excluding hydrogens is 775 g/mol. The number of benzene rings is 12. The van der Waals surface area contributed by atoms with Crippen molar-refractivity contribution in [3.05, 3.63) is 237 Å². The number of rotatable bonds is 6. The van der Waals surface area contributed by atoms with E-state index in [-0.39, 0.29) is 0 Å². The number of hydrogen-bond acceptors (Lipinski definition) is 2. The molecule has 0 radical (unpaired) electrons. The van der Waals surface area contributed by atoms with E-state index in [9.17, 15) is 0 Å². The monoisotopic (exact) mass is 813 g/mol. The zero-order valence-electron chi connectivity index (χ0n) is 34.9. The van der Waals surface area contributed by atoms with Gasteiger partial charge in [0.15, 0.2) is 0 Å². The minimum absolute atomic E-state index is 0.861. The predicted molar refractivity (Wildman–Crippen MR) is 272 cm³/mol. The summed E-state index contributed by atoms with van der Waals surface area (Å²) in [6.07, 6.45) is 0. The Morgan fingerprint density at radius 2 is 0.797 bits per heavy atom. The molecule has 64 heavy (non-hydrogen) atoms. The van der Waals surface area contributed by atoms with E-state index in [4.69, 9.17) is 4.42 Å². The molecule has 0 fully saturated rings. The lowest BCUT2D eigenvalue weighted by atomic mass is 9.84. The van der Waals surface area contributed by atoms with Crippen LogP contribution in [0.1, 0.15) is 0 Å². The van der Waals surface area contributed by atoms with E-state index in [0.29, 0.717) is 0 Å². The summed E-state index contributed by atoms with van der Waals surface area (Å²) in [5.41, 5.74) is 12.2. The second-order valence-corrected chi connectivity index (χ2v) is 16.7. The highest BCUT2D eigenvalue weighted by molar-refractivity contribution is 6.23. The Morgan fingerprint density at radius 1 is 0.281 bits per heavy atom. The van der Waals surface area contributed by atoms with Crippen molar-refractivity contribution in [2.24, 2.45) is 0 Å². The molecule has 0 aliphatic heterocycles. The molecule has 2 heteroatoms. The van der Waals surface area contributed by atoms with Crippen LogP contribution in [0.15, 0.2) is 241 Å². The van der Waals surface area contributed by atoms with Gasteiger partial charge in [0.1, 0.15) is 11.2 Å². The van der Waals surface area contributed by atoms with Crippen molar-refractivity contribution in [2.45, 2.75) is 0 Å². The minimum atomic E-state index is 0.861. The highest BCUT2D eigenvalue weighted by Gasteiger charge is 2.23. The Kier molecular flexibility index (Phi) is 8.25. The third-order valence-corrected chi connectivity index (χ3v) is 13.2. The predicted octanol–water partition coefficient (Wildman–Crippen LogP) is 17.8. The van der Waals surface area contributed by atoms with Crippen molar-refractivity contribution in [3.63, 3.8) is 0 Å². The Hall–Kier alpha value is -8.46. The molecule has 0 bridgehead atoms. The van der Waals surface area contributed by atoms with Gasteiger partial charge in [-0.2, -0.15) is 0 Å². The molecule has 0 saturated carbocycles. The van der Waals surface area contributed by atoms with Gasteiger partial charge in [-0.25, -0.2) is 0 Å². The molecule has 0 amide bonds. The summed E-state index contributed by atoms with van der Waals surface area (Å²) >= 11 is 0. The summed E-state index contributed by atoms with van der Waals surface area (Å²) in [5, 5.41) is 14.3. The van der Waals surface area contributed by atoms with Crippen LogP contribution in [0.25, 0.3) is 109 Å². The van der Waals surface area contributed by atoms with Gasteiger partial charge in [0.25, 0.3) is 0 Å². The highest BCUT2D eigenvalue weighted by Crippen LogP contribution is 2.49. The summed E-state index contributed by atoms with van der Waals surface area (Å²) in [5.74, 6) is 0. The van der Waals surface area contributed by atoms with Gasteiger partial charge in [0, 0.05) is 21.8 Å². The van der Waals surface area contributed by atoms with E-state index >= 15 is 0 Å². The van der Waals surface area contributed by atoms with Gasteiger partial charge in [-0.3, -0.25) is 0 Å². The van der Waals surface area contributed by atoms with Crippen LogP contribution in [-0.2, 0) is 0 Å². The maximum Gasteiger partial charge on any atom is 0.143 e. The second kappa shape index (κ2) is 14.6. The summed E-state index contributed by atoms with van der Waals surface area (Å²) < 4.78 is 6.80. The third-order valence-electron chi connectivity index (χ3n) is 13.2. The number of furan rings is 1. The van der Waals surface area contributed by atoms with Crippen LogP contribution < -0.4 is 4.90 Å². The van der Waals surface area contributed by atoms with Gasteiger partial charge in [-0.15, -0.1) is 0 Å². The standard InChI is InChI=1S/C62H39NO/c1-3-18-42(19-4-1)59-53-27-12-11-26-50(53)51-35-34-45(39-55(51)60(59)43-20-5-2-6-21-43)44-22-13-23-46(38-44)63(56-29-14-28-49-47-24-9-7-16-40(47)32-36-52(49)56)57-30-15-31-58-61(57)54-37-33-41-17-8-10-25-48(41)62(54)64-58/h1-39H. The molecule has 298 valence electrons. The molecule has 13 rings (SSSR count). The summed E-state index contributed by atoms with van der Waals surface area (Å²) in [4.78, 5) is 2.45. The third kappa shape index (κ3) is 5.66. The SMILES string of the molecule is c1ccc(-c2c(-c3ccccc3)c3cc(-c4cccc(N(c5cccc6c5ccc5ccccc56)c5cccc6oc7c8ccccc8ccc7c56)c4)ccc3c3ccccc23)cc1. The molecule has 0 unspecified atom stereocenters. The van der Waals surface area contributed by atoms with Gasteiger partial charge in [-0.1, -0.05) is 194 Å². The van der Waals surface area contributed by atoms with Crippen LogP contribution in [0, 0.1) is 0 Å². The van der Waals surface area contributed by atoms with Crippen molar-refractivity contribution in [3.8, 4) is 33.4 Å². The molecule has 2 nitrogen and oxygen atoms in total. The fourth-order valence-electron chi connectivity index (χ4n) is 10.4. The largest absolute Gasteiger partial charge is 0.455 e. The van der Waals surface area contributed by atoms with E-state index in [0.717, 1.165) is 60.9 Å². The normalized spacial score (nSPS) is 11.8. The Morgan fingerprint density at radius 3 is 1.58 bits per heavy atom. The summed E-state index contributed by atoms with van der Waals surface area (Å²) in [7, 11) is 0. The van der Waals surface area contributed by atoms with Crippen LogP contribution in [0.3, 0.4) is 0 Å². The molecule has 0 atom stereocenters. The zero-order chi connectivity index (χ0) is 42.1. The molecule has 1 aromatic heterocycles. The van der Waals surface area contributed by atoms with Crippen LogP contribution >= 0.6 is 0 Å². The van der Waals surface area contributed by atoms with Crippen molar-refractivity contribution in [1.82, 2.24) is 0 Å². The van der Waals surface area contributed by atoms with E-state index in [1.54, 1.807) is 0 Å². The topological polar surface area (TPSA) is 16.4 Å². The van der Waals surface area contributed by atoms with Crippen molar-refractivity contribution in [2.75, 3.05) is 4.90 Å². The average Bonchev–Trinajstić information content (AvgIpc) is 3.77. The lowest BCUT2D eigenvalue weighted by molar-refractivity contribution is 0.672. The van der Waals surface area contributed by atoms with Gasteiger partial charge < -0.3 is 9.32 Å². The van der Waals surface area contributed by atoms with Crippen LogP contribution in [-0.4, -0.2) is 0 Å². The van der Waals surface area contributed by atoms with Crippen molar-refractivity contribution in [1.29, 1.82) is 0 Å². The molecule has 0 aliphatic carbocycles. The molecular formula is C62H39NO. The summed E-state index contributed by atoms with van der Waals surface area (Å²) in [6, 6.07) is 86.1. The fraction of sp³-hybridized carbons (Fsp3) is 0. The molecule has 0 spiro atoms. The first kappa shape index (κ1) is 36.2. The average molecular weight is 814 g/mol. The molecule has 13 aromatic rings. The first-order chi connectivity index (χ1) is 31.8. The minimum Gasteiger partial charge on any atom is -0.455 e. The Balaban J connectivity index is 1.07. The molecule has 1 heterocycles. The lowest BCUT2D eigenvalue weighted by Crippen LogP contribution is -2.11. The Labute approximate surface area is 370 Å². The van der Waals surface area contributed by atoms with Crippen LogP contribution in [0.5, 0.6) is 0 Å². The zero-order valence-corrected chi connectivity index (χ0v) is 34.9. The first-order valence-corrected chi connectivity index (χ1v) is 22.0. The first-order valence-electron chi connectivity index (χ1n) is 22.0. The van der Waals surface area contributed by atoms with Crippen LogP contribution in [0.4, 0.5) is 17.1 Å². The summed E-state index contributed by atoms with van der Waals surface area (Å²) in [6.45, 7) is 0. The van der Waals surface area contributed by atoms with E-state index in [1.807, 2.05) is 0 Å². The van der Waals surface area contributed by atoms with Crippen molar-refractivity contribution >= 4 is 92.9 Å². The maximum absolute atomic E-state index is 6.80. The number of hydrogen-bond donors (Lipinski definition) is 0. The van der Waals surface area contributed by atoms with E-state index in [2.05, 4.69) is 241 Å². The van der Waals surface area contributed by atoms with E-state index in [1.165, 1.54) is 65.3 Å². The van der Waals surface area contributed by atoms with Gasteiger partial charge in [0.05, 0.1) is 16.8 Å². The smallest absolute Gasteiger partial charge is 0.143 e. The molecule has 0 N–H and O–H groups in total. The fourth-order valence-corrected chi connectivity index (χ4v) is 10.4. The van der Waals surface area contributed by atoms with Crippen molar-refractivity contribution < 1.29 is 4.42 Å². The Bertz CT molecular complexity index is 3960. The number of fused-ring (bicyclic) bond motifs is 11. The lowest BCUT2D eigenvalue weighted by Gasteiger charge is -2.28. The van der Waals surface area contributed by atoms with Gasteiger partial charge in [0.2, 0.25) is 0 Å². The van der Waals surface area contributed by atoms with Crippen LogP contribution in [0.2, 0.25) is 0 Å². The molecule has 12 aromatic carbocycles. The molecule has 0 aliphatic rings. The molecule has 0 saturated heterocycles. The number of anilines is 3. The van der Waals surface area contributed by atoms with E-state index < -0.39 is 0 Å².